The van der Waals surface area contributed by atoms with Crippen molar-refractivity contribution in [3.8, 4) is 5.75 Å². The molecule has 0 aliphatic carbocycles. The van der Waals surface area contributed by atoms with Gasteiger partial charge >= 0.3 is 0 Å². The lowest BCUT2D eigenvalue weighted by Gasteiger charge is -2.33. The molecule has 31 heavy (non-hydrogen) atoms. The van der Waals surface area contributed by atoms with E-state index in [9.17, 15) is 9.59 Å². The van der Waals surface area contributed by atoms with Gasteiger partial charge in [-0.05, 0) is 37.4 Å². The quantitative estimate of drug-likeness (QED) is 0.646. The maximum Gasteiger partial charge on any atom is 0.261 e. The summed E-state index contributed by atoms with van der Waals surface area (Å²) in [6.07, 6.45) is -0.378. The molecule has 4 rings (SSSR count). The lowest BCUT2D eigenvalue weighted by molar-refractivity contribution is -0.0223. The largest absolute Gasteiger partial charge is 0.496 e. The minimum Gasteiger partial charge on any atom is -0.496 e. The predicted octanol–water partition coefficient (Wildman–Crippen LogP) is 4.26. The molecule has 0 bridgehead atoms. The van der Waals surface area contributed by atoms with Crippen LogP contribution in [0.5, 0.6) is 5.75 Å². The van der Waals surface area contributed by atoms with Crippen molar-refractivity contribution in [3.05, 3.63) is 64.5 Å². The number of methoxy groups -OCH3 is 1. The molecule has 6 nitrogen and oxygen atoms in total. The highest BCUT2D eigenvalue weighted by atomic mass is 32.1. The Kier molecular flexibility index (Phi) is 6.25. The van der Waals surface area contributed by atoms with Crippen LogP contribution in [0.3, 0.4) is 0 Å². The topological polar surface area (TPSA) is 67.9 Å². The van der Waals surface area contributed by atoms with Crippen molar-refractivity contribution in [1.82, 2.24) is 10.2 Å². The van der Waals surface area contributed by atoms with Gasteiger partial charge in [0.1, 0.15) is 11.9 Å². The minimum absolute atomic E-state index is 0.0291. The Bertz CT molecular complexity index is 1110. The molecule has 1 fully saturated rings. The number of carbonyl (C=O) groups is 2. The summed E-state index contributed by atoms with van der Waals surface area (Å²) in [7, 11) is 1.56. The van der Waals surface area contributed by atoms with E-state index in [1.165, 1.54) is 11.3 Å². The minimum atomic E-state index is -0.378. The molecule has 1 aliphatic rings. The van der Waals surface area contributed by atoms with E-state index >= 15 is 0 Å². The highest BCUT2D eigenvalue weighted by Gasteiger charge is 2.32. The third-order valence-corrected chi connectivity index (χ3v) is 6.46. The molecule has 1 saturated heterocycles. The first kappa shape index (κ1) is 21.3. The number of rotatable bonds is 5. The zero-order valence-corrected chi connectivity index (χ0v) is 18.7. The summed E-state index contributed by atoms with van der Waals surface area (Å²) in [4.78, 5) is 28.6. The van der Waals surface area contributed by atoms with Gasteiger partial charge in [0.25, 0.3) is 11.8 Å². The van der Waals surface area contributed by atoms with Gasteiger partial charge in [0, 0.05) is 22.8 Å². The van der Waals surface area contributed by atoms with Gasteiger partial charge in [-0.3, -0.25) is 9.59 Å². The summed E-state index contributed by atoms with van der Waals surface area (Å²) < 4.78 is 12.5. The van der Waals surface area contributed by atoms with Gasteiger partial charge in [0.05, 0.1) is 30.7 Å². The summed E-state index contributed by atoms with van der Waals surface area (Å²) in [5.41, 5.74) is 1.38. The molecule has 7 heteroatoms. The van der Waals surface area contributed by atoms with Crippen LogP contribution in [-0.4, -0.2) is 49.6 Å². The average Bonchev–Trinajstić information content (AvgIpc) is 3.18. The summed E-state index contributed by atoms with van der Waals surface area (Å²) in [6, 6.07) is 15.2. The van der Waals surface area contributed by atoms with Crippen LogP contribution in [0.2, 0.25) is 0 Å². The predicted molar refractivity (Wildman–Crippen MR) is 122 cm³/mol. The fraction of sp³-hybridized carbons (Fsp3) is 0.333. The number of amides is 2. The molecule has 1 atom stereocenters. The van der Waals surface area contributed by atoms with Gasteiger partial charge in [0.15, 0.2) is 0 Å². The van der Waals surface area contributed by atoms with Gasteiger partial charge in [-0.25, -0.2) is 0 Å². The Morgan fingerprint density at radius 3 is 2.68 bits per heavy atom. The number of thiophene rings is 1. The van der Waals surface area contributed by atoms with E-state index in [4.69, 9.17) is 9.47 Å². The number of hydrogen-bond acceptors (Lipinski definition) is 5. The smallest absolute Gasteiger partial charge is 0.261 e. The fourth-order valence-corrected chi connectivity index (χ4v) is 5.04. The molecule has 2 amide bonds. The summed E-state index contributed by atoms with van der Waals surface area (Å²) >= 11 is 1.46. The number of benzene rings is 2. The van der Waals surface area contributed by atoms with Crippen LogP contribution in [0.15, 0.2) is 48.5 Å². The number of para-hydroxylation sites is 1. The van der Waals surface area contributed by atoms with Crippen molar-refractivity contribution >= 4 is 33.2 Å². The van der Waals surface area contributed by atoms with E-state index < -0.39 is 0 Å². The zero-order chi connectivity index (χ0) is 22.0. The van der Waals surface area contributed by atoms with Crippen LogP contribution in [0.1, 0.15) is 45.5 Å². The number of nitrogens with zero attached hydrogens (tertiary/aromatic N) is 1. The van der Waals surface area contributed by atoms with Crippen molar-refractivity contribution in [2.75, 3.05) is 26.8 Å². The van der Waals surface area contributed by atoms with E-state index in [2.05, 4.69) is 5.32 Å². The molecule has 3 aromatic rings. The van der Waals surface area contributed by atoms with Crippen LogP contribution in [0.25, 0.3) is 10.1 Å². The first-order valence-electron chi connectivity index (χ1n) is 10.4. The number of morpholine rings is 1. The standard InChI is InChI=1S/C24H26N2O4S/c1-15(2)25-23(27)22-21(17-9-5-7-11-20(17)31-22)19-14-26(12-13-30-19)24(28)16-8-4-6-10-18(16)29-3/h4-11,15,19H,12-14H2,1-3H3,(H,25,27). The molecule has 0 spiro atoms. The van der Waals surface area contributed by atoms with Gasteiger partial charge in [-0.1, -0.05) is 30.3 Å². The molecular formula is C24H26N2O4S. The molecule has 0 radical (unpaired) electrons. The lowest BCUT2D eigenvalue weighted by atomic mass is 10.0. The van der Waals surface area contributed by atoms with Gasteiger partial charge in [-0.15, -0.1) is 11.3 Å². The second-order valence-electron chi connectivity index (χ2n) is 7.78. The Balaban J connectivity index is 1.68. The van der Waals surface area contributed by atoms with Crippen LogP contribution in [0, 0.1) is 0 Å². The van der Waals surface area contributed by atoms with E-state index in [1.54, 1.807) is 24.1 Å². The second kappa shape index (κ2) is 9.08. The van der Waals surface area contributed by atoms with Crippen LogP contribution in [0.4, 0.5) is 0 Å². The number of nitrogens with one attached hydrogen (secondary N) is 1. The summed E-state index contributed by atoms with van der Waals surface area (Å²) in [6.45, 7) is 5.15. The SMILES string of the molecule is COc1ccccc1C(=O)N1CCOC(c2c(C(=O)NC(C)C)sc3ccccc23)C1. The summed E-state index contributed by atoms with van der Waals surface area (Å²) in [5.74, 6) is 0.343. The van der Waals surface area contributed by atoms with Crippen molar-refractivity contribution in [3.63, 3.8) is 0 Å². The van der Waals surface area contributed by atoms with E-state index in [0.717, 1.165) is 15.6 Å². The van der Waals surface area contributed by atoms with Crippen LogP contribution < -0.4 is 10.1 Å². The van der Waals surface area contributed by atoms with Crippen molar-refractivity contribution in [2.24, 2.45) is 0 Å². The molecule has 162 valence electrons. The third kappa shape index (κ3) is 4.29. The van der Waals surface area contributed by atoms with Crippen LogP contribution >= 0.6 is 11.3 Å². The molecule has 2 aromatic carbocycles. The molecule has 1 unspecified atom stereocenters. The lowest BCUT2D eigenvalue weighted by Crippen LogP contribution is -2.42. The Morgan fingerprint density at radius 2 is 1.90 bits per heavy atom. The monoisotopic (exact) mass is 438 g/mol. The zero-order valence-electron chi connectivity index (χ0n) is 17.9. The molecule has 1 aromatic heterocycles. The highest BCUT2D eigenvalue weighted by Crippen LogP contribution is 2.38. The normalized spacial score (nSPS) is 16.5. The van der Waals surface area contributed by atoms with Gasteiger partial charge < -0.3 is 19.7 Å². The number of carbonyl (C=O) groups excluding carboxylic acids is 2. The molecule has 2 heterocycles. The fourth-order valence-electron chi connectivity index (χ4n) is 3.88. The third-order valence-electron chi connectivity index (χ3n) is 5.27. The van der Waals surface area contributed by atoms with Gasteiger partial charge in [0.2, 0.25) is 0 Å². The molecule has 1 N–H and O–H groups in total. The summed E-state index contributed by atoms with van der Waals surface area (Å²) in [5, 5.41) is 3.99. The maximum absolute atomic E-state index is 13.2. The van der Waals surface area contributed by atoms with Crippen molar-refractivity contribution in [2.45, 2.75) is 26.0 Å². The van der Waals surface area contributed by atoms with Crippen molar-refractivity contribution in [1.29, 1.82) is 0 Å². The van der Waals surface area contributed by atoms with E-state index in [-0.39, 0.29) is 24.0 Å². The first-order valence-corrected chi connectivity index (χ1v) is 11.2. The van der Waals surface area contributed by atoms with E-state index in [0.29, 0.717) is 35.9 Å². The van der Waals surface area contributed by atoms with E-state index in [1.807, 2.05) is 50.2 Å². The maximum atomic E-state index is 13.2. The van der Waals surface area contributed by atoms with Crippen molar-refractivity contribution < 1.29 is 19.1 Å². The first-order chi connectivity index (χ1) is 15.0. The highest BCUT2D eigenvalue weighted by molar-refractivity contribution is 7.21. The van der Waals surface area contributed by atoms with Crippen LogP contribution in [-0.2, 0) is 4.74 Å². The Hall–Kier alpha value is -2.90. The molecule has 1 aliphatic heterocycles. The van der Waals surface area contributed by atoms with Gasteiger partial charge in [-0.2, -0.15) is 0 Å². The number of ether oxygens (including phenoxy) is 2. The average molecular weight is 439 g/mol. The Morgan fingerprint density at radius 1 is 1.16 bits per heavy atom. The number of fused-ring (bicyclic) bond motifs is 1. The molecular weight excluding hydrogens is 412 g/mol. The number of hydrogen-bond donors (Lipinski definition) is 1. The molecule has 0 saturated carbocycles. The second-order valence-corrected chi connectivity index (χ2v) is 8.83. The Labute approximate surface area is 185 Å².